The molecule has 0 amide bonds. The molecule has 39 heavy (non-hydrogen) atoms. The van der Waals surface area contributed by atoms with Gasteiger partial charge in [0.15, 0.2) is 0 Å². The van der Waals surface area contributed by atoms with Crippen LogP contribution < -0.4 is 9.04 Å². The maximum atomic E-state index is 13.9. The van der Waals surface area contributed by atoms with Crippen molar-refractivity contribution in [2.75, 3.05) is 4.31 Å². The molecule has 1 atom stereocenters. The molecule has 7 nitrogen and oxygen atoms in total. The van der Waals surface area contributed by atoms with E-state index in [0.717, 1.165) is 24.0 Å². The standard InChI is InChI=1S/C31H30N2O5S/c1-23(20-25-8-5-9-30(21-25)38-22-24-6-3-2-4-7-24)32(28-14-12-27(13-15-28)26-10-11-26)39(36,37)31-18-16-29(17-19-31)33(34)35/h2-9,12-19,21,23,26H,10-11,20,22H2,1H3. The molecule has 0 aromatic heterocycles. The summed E-state index contributed by atoms with van der Waals surface area (Å²) in [6.07, 6.45) is 2.76. The van der Waals surface area contributed by atoms with Gasteiger partial charge in [-0.1, -0.05) is 54.6 Å². The average molecular weight is 543 g/mol. The predicted octanol–water partition coefficient (Wildman–Crippen LogP) is 6.88. The maximum Gasteiger partial charge on any atom is 0.269 e. The van der Waals surface area contributed by atoms with E-state index in [-0.39, 0.29) is 10.6 Å². The molecule has 1 saturated carbocycles. The Morgan fingerprint density at radius 2 is 1.56 bits per heavy atom. The SMILES string of the molecule is CC(Cc1cccc(OCc2ccccc2)c1)N(c1ccc(C2CC2)cc1)S(=O)(=O)c1ccc([N+](=O)[O-])cc1. The first kappa shape index (κ1) is 26.4. The highest BCUT2D eigenvalue weighted by molar-refractivity contribution is 7.92. The lowest BCUT2D eigenvalue weighted by Crippen LogP contribution is -2.40. The van der Waals surface area contributed by atoms with Gasteiger partial charge in [0, 0.05) is 18.2 Å². The van der Waals surface area contributed by atoms with Crippen molar-refractivity contribution >= 4 is 21.4 Å². The predicted molar refractivity (Wildman–Crippen MR) is 152 cm³/mol. The van der Waals surface area contributed by atoms with Crippen LogP contribution in [0.4, 0.5) is 11.4 Å². The number of rotatable bonds is 11. The van der Waals surface area contributed by atoms with Crippen LogP contribution in [0.1, 0.15) is 42.4 Å². The Kier molecular flexibility index (Phi) is 7.65. The van der Waals surface area contributed by atoms with E-state index in [0.29, 0.717) is 30.4 Å². The Morgan fingerprint density at radius 1 is 0.897 bits per heavy atom. The van der Waals surface area contributed by atoms with E-state index in [1.807, 2.05) is 85.8 Å². The van der Waals surface area contributed by atoms with Gasteiger partial charge in [0.25, 0.3) is 15.7 Å². The molecule has 0 spiro atoms. The van der Waals surface area contributed by atoms with Gasteiger partial charge >= 0.3 is 0 Å². The molecule has 0 aliphatic heterocycles. The Morgan fingerprint density at radius 3 is 2.21 bits per heavy atom. The second-order valence-corrected chi connectivity index (χ2v) is 11.7. The summed E-state index contributed by atoms with van der Waals surface area (Å²) in [5.41, 5.74) is 3.61. The summed E-state index contributed by atoms with van der Waals surface area (Å²) in [6.45, 7) is 2.31. The van der Waals surface area contributed by atoms with E-state index in [9.17, 15) is 18.5 Å². The van der Waals surface area contributed by atoms with Crippen molar-refractivity contribution < 1.29 is 18.1 Å². The lowest BCUT2D eigenvalue weighted by molar-refractivity contribution is -0.384. The van der Waals surface area contributed by atoms with Crippen LogP contribution in [0.3, 0.4) is 0 Å². The number of hydrogen-bond donors (Lipinski definition) is 0. The van der Waals surface area contributed by atoms with Gasteiger partial charge in [-0.3, -0.25) is 14.4 Å². The van der Waals surface area contributed by atoms with Crippen LogP contribution in [-0.2, 0) is 23.1 Å². The molecule has 1 aliphatic carbocycles. The van der Waals surface area contributed by atoms with Crippen LogP contribution >= 0.6 is 0 Å². The van der Waals surface area contributed by atoms with Crippen molar-refractivity contribution in [3.05, 3.63) is 130 Å². The summed E-state index contributed by atoms with van der Waals surface area (Å²) < 4.78 is 35.3. The lowest BCUT2D eigenvalue weighted by Gasteiger charge is -2.31. The quantitative estimate of drug-likeness (QED) is 0.152. The molecule has 0 bridgehead atoms. The highest BCUT2D eigenvalue weighted by Gasteiger charge is 2.31. The van der Waals surface area contributed by atoms with E-state index in [2.05, 4.69) is 0 Å². The zero-order chi connectivity index (χ0) is 27.4. The van der Waals surface area contributed by atoms with Gasteiger partial charge in [-0.25, -0.2) is 8.42 Å². The van der Waals surface area contributed by atoms with Crippen LogP contribution in [0, 0.1) is 10.1 Å². The number of sulfonamides is 1. The second kappa shape index (κ2) is 11.3. The number of nitro groups is 1. The van der Waals surface area contributed by atoms with E-state index in [1.54, 1.807) is 0 Å². The number of hydrogen-bond acceptors (Lipinski definition) is 5. The number of anilines is 1. The minimum atomic E-state index is -4.01. The Labute approximate surface area is 228 Å². The highest BCUT2D eigenvalue weighted by atomic mass is 32.2. The molecule has 4 aromatic carbocycles. The first-order valence-corrected chi connectivity index (χ1v) is 14.4. The normalized spacial score (nSPS) is 14.0. The third kappa shape index (κ3) is 6.29. The molecular formula is C31H30N2O5S. The Bertz CT molecular complexity index is 1530. The molecule has 200 valence electrons. The first-order chi connectivity index (χ1) is 18.8. The fourth-order valence-electron chi connectivity index (χ4n) is 4.72. The monoisotopic (exact) mass is 542 g/mol. The first-order valence-electron chi connectivity index (χ1n) is 13.0. The van der Waals surface area contributed by atoms with Gasteiger partial charge in [0.05, 0.1) is 15.5 Å². The van der Waals surface area contributed by atoms with Crippen molar-refractivity contribution in [3.8, 4) is 5.75 Å². The van der Waals surface area contributed by atoms with E-state index >= 15 is 0 Å². The van der Waals surface area contributed by atoms with Gasteiger partial charge in [0.2, 0.25) is 0 Å². The van der Waals surface area contributed by atoms with Crippen LogP contribution in [-0.4, -0.2) is 19.4 Å². The molecule has 8 heteroatoms. The van der Waals surface area contributed by atoms with Crippen LogP contribution in [0.15, 0.2) is 108 Å². The number of non-ortho nitro benzene ring substituents is 1. The summed E-state index contributed by atoms with van der Waals surface area (Å²) in [5, 5.41) is 11.1. The van der Waals surface area contributed by atoms with E-state index in [4.69, 9.17) is 4.74 Å². The molecule has 1 aliphatic rings. The van der Waals surface area contributed by atoms with Crippen molar-refractivity contribution in [2.24, 2.45) is 0 Å². The zero-order valence-corrected chi connectivity index (χ0v) is 22.5. The topological polar surface area (TPSA) is 89.8 Å². The molecule has 4 aromatic rings. The van der Waals surface area contributed by atoms with Crippen molar-refractivity contribution in [2.45, 2.75) is 49.6 Å². The molecule has 1 fully saturated rings. The van der Waals surface area contributed by atoms with Crippen molar-refractivity contribution in [1.29, 1.82) is 0 Å². The summed E-state index contributed by atoms with van der Waals surface area (Å²) >= 11 is 0. The third-order valence-corrected chi connectivity index (χ3v) is 8.84. The zero-order valence-electron chi connectivity index (χ0n) is 21.6. The Balaban J connectivity index is 1.41. The van der Waals surface area contributed by atoms with Gasteiger partial charge in [-0.05, 0) is 85.2 Å². The summed E-state index contributed by atoms with van der Waals surface area (Å²) in [6, 6.07) is 29.9. The number of benzene rings is 4. The van der Waals surface area contributed by atoms with E-state index in [1.165, 1.54) is 34.1 Å². The van der Waals surface area contributed by atoms with Crippen molar-refractivity contribution in [3.63, 3.8) is 0 Å². The third-order valence-electron chi connectivity index (χ3n) is 6.88. The second-order valence-electron chi connectivity index (χ2n) is 9.89. The van der Waals surface area contributed by atoms with Crippen LogP contribution in [0.5, 0.6) is 5.75 Å². The number of nitro benzene ring substituents is 1. The largest absolute Gasteiger partial charge is 0.489 e. The minimum absolute atomic E-state index is 0.00571. The average Bonchev–Trinajstić information content (AvgIpc) is 3.79. The minimum Gasteiger partial charge on any atom is -0.489 e. The Hall–Kier alpha value is -4.17. The van der Waals surface area contributed by atoms with Crippen LogP contribution in [0.25, 0.3) is 0 Å². The van der Waals surface area contributed by atoms with Gasteiger partial charge in [-0.2, -0.15) is 0 Å². The molecule has 0 N–H and O–H groups in total. The van der Waals surface area contributed by atoms with Gasteiger partial charge in [-0.15, -0.1) is 0 Å². The highest BCUT2D eigenvalue weighted by Crippen LogP contribution is 2.41. The molecular weight excluding hydrogens is 512 g/mol. The summed E-state index contributed by atoms with van der Waals surface area (Å²) in [5.74, 6) is 1.26. The molecule has 0 heterocycles. The van der Waals surface area contributed by atoms with E-state index < -0.39 is 21.0 Å². The summed E-state index contributed by atoms with van der Waals surface area (Å²) in [4.78, 5) is 10.6. The lowest BCUT2D eigenvalue weighted by atomic mass is 10.1. The molecule has 0 radical (unpaired) electrons. The fourth-order valence-corrected chi connectivity index (χ4v) is 6.38. The number of ether oxygens (including phenoxy) is 1. The molecule has 1 unspecified atom stereocenters. The van der Waals surface area contributed by atoms with Crippen molar-refractivity contribution in [1.82, 2.24) is 0 Å². The van der Waals surface area contributed by atoms with Gasteiger partial charge in [0.1, 0.15) is 12.4 Å². The molecule has 0 saturated heterocycles. The summed E-state index contributed by atoms with van der Waals surface area (Å²) in [7, 11) is -4.01. The smallest absolute Gasteiger partial charge is 0.269 e. The van der Waals surface area contributed by atoms with Crippen LogP contribution in [0.2, 0.25) is 0 Å². The van der Waals surface area contributed by atoms with Gasteiger partial charge < -0.3 is 4.74 Å². The molecule has 5 rings (SSSR count). The maximum absolute atomic E-state index is 13.9. The number of nitrogens with zero attached hydrogens (tertiary/aromatic N) is 2. The fraction of sp³-hybridized carbons (Fsp3) is 0.226.